The van der Waals surface area contributed by atoms with Crippen LogP contribution < -0.4 is 0 Å². The summed E-state index contributed by atoms with van der Waals surface area (Å²) >= 11 is 0. The Balaban J connectivity index is 1.62. The third-order valence-corrected chi connectivity index (χ3v) is 5.04. The van der Waals surface area contributed by atoms with Gasteiger partial charge in [-0.3, -0.25) is 4.18 Å². The summed E-state index contributed by atoms with van der Waals surface area (Å²) in [7, 11) is -3.67. The number of rotatable bonds is 10. The van der Waals surface area contributed by atoms with Crippen molar-refractivity contribution in [1.82, 2.24) is 0 Å². The molecule has 0 aromatic heterocycles. The molecule has 2 aromatic rings. The number of unbranched alkanes of at least 4 members (excludes halogenated alkanes) is 1. The standard InChI is InChI=1S/C20H24O4S/c1-3-18-8-10-19(11-9-18)16-23-14-4-5-15-24-25(21,22)20-12-6-17(2)7-13-20/h3,6-13H,1,4-5,14-16H2,2H3. The van der Waals surface area contributed by atoms with Gasteiger partial charge >= 0.3 is 0 Å². The molecule has 5 heteroatoms. The van der Waals surface area contributed by atoms with Crippen molar-refractivity contribution in [1.29, 1.82) is 0 Å². The van der Waals surface area contributed by atoms with Crippen molar-refractivity contribution in [3.05, 3.63) is 71.8 Å². The van der Waals surface area contributed by atoms with Crippen molar-refractivity contribution in [3.8, 4) is 0 Å². The molecule has 0 fully saturated rings. The van der Waals surface area contributed by atoms with Crippen molar-refractivity contribution < 1.29 is 17.3 Å². The first-order valence-corrected chi connectivity index (χ1v) is 9.67. The molecule has 4 nitrogen and oxygen atoms in total. The molecule has 2 aromatic carbocycles. The third-order valence-electron chi connectivity index (χ3n) is 3.72. The molecular formula is C20H24O4S. The molecule has 0 saturated carbocycles. The molecule has 0 aliphatic rings. The minimum atomic E-state index is -3.67. The zero-order chi connectivity index (χ0) is 18.1. The van der Waals surface area contributed by atoms with Crippen LogP contribution in [-0.2, 0) is 25.6 Å². The van der Waals surface area contributed by atoms with Crippen LogP contribution in [0.25, 0.3) is 6.08 Å². The third kappa shape index (κ3) is 6.46. The van der Waals surface area contributed by atoms with Crippen molar-refractivity contribution in [3.63, 3.8) is 0 Å². The molecule has 0 unspecified atom stereocenters. The van der Waals surface area contributed by atoms with Gasteiger partial charge in [0, 0.05) is 6.61 Å². The molecule has 0 N–H and O–H groups in total. The lowest BCUT2D eigenvalue weighted by atomic mass is 10.1. The number of benzene rings is 2. The van der Waals surface area contributed by atoms with Crippen molar-refractivity contribution >= 4 is 16.2 Å². The van der Waals surface area contributed by atoms with Crippen molar-refractivity contribution in [2.75, 3.05) is 13.2 Å². The van der Waals surface area contributed by atoms with Crippen molar-refractivity contribution in [2.45, 2.75) is 31.3 Å². The summed E-state index contributed by atoms with van der Waals surface area (Å²) in [5.74, 6) is 0. The molecule has 0 aliphatic heterocycles. The molecular weight excluding hydrogens is 336 g/mol. The maximum atomic E-state index is 12.0. The van der Waals surface area contributed by atoms with Crippen LogP contribution in [0, 0.1) is 6.92 Å². The summed E-state index contributed by atoms with van der Waals surface area (Å²) in [5.41, 5.74) is 3.19. The summed E-state index contributed by atoms with van der Waals surface area (Å²) in [6.45, 7) is 6.90. The topological polar surface area (TPSA) is 52.6 Å². The van der Waals surface area contributed by atoms with Gasteiger partial charge in [0.25, 0.3) is 10.1 Å². The van der Waals surface area contributed by atoms with E-state index in [2.05, 4.69) is 6.58 Å². The second-order valence-corrected chi connectivity index (χ2v) is 7.41. The Morgan fingerprint density at radius 2 is 1.60 bits per heavy atom. The fourth-order valence-electron chi connectivity index (χ4n) is 2.19. The molecule has 0 saturated heterocycles. The summed E-state index contributed by atoms with van der Waals surface area (Å²) in [6.07, 6.45) is 3.17. The summed E-state index contributed by atoms with van der Waals surface area (Å²) in [4.78, 5) is 0.192. The van der Waals surface area contributed by atoms with Crippen molar-refractivity contribution in [2.24, 2.45) is 0 Å². The van der Waals surface area contributed by atoms with Crippen LogP contribution in [0.1, 0.15) is 29.5 Å². The van der Waals surface area contributed by atoms with Gasteiger partial charge in [-0.1, -0.05) is 54.6 Å². The van der Waals surface area contributed by atoms with E-state index in [-0.39, 0.29) is 11.5 Å². The minimum Gasteiger partial charge on any atom is -0.377 e. The molecule has 0 heterocycles. The quantitative estimate of drug-likeness (QED) is 0.467. The SMILES string of the molecule is C=Cc1ccc(COCCCCOS(=O)(=O)c2ccc(C)cc2)cc1. The van der Waals surface area contributed by atoms with Gasteiger partial charge in [0.1, 0.15) is 0 Å². The Kier molecular flexibility index (Phi) is 7.37. The Morgan fingerprint density at radius 1 is 0.960 bits per heavy atom. The molecule has 134 valence electrons. The van der Waals surface area contributed by atoms with Crippen LogP contribution in [0.2, 0.25) is 0 Å². The van der Waals surface area contributed by atoms with E-state index in [0.29, 0.717) is 19.6 Å². The van der Waals surface area contributed by atoms with E-state index in [4.69, 9.17) is 8.92 Å². The maximum absolute atomic E-state index is 12.0. The summed E-state index contributed by atoms with van der Waals surface area (Å²) < 4.78 is 34.7. The van der Waals surface area contributed by atoms with Crippen LogP contribution in [0.3, 0.4) is 0 Å². The molecule has 0 radical (unpaired) electrons. The number of ether oxygens (including phenoxy) is 1. The van der Waals surface area contributed by atoms with Gasteiger partial charge < -0.3 is 4.74 Å². The largest absolute Gasteiger partial charge is 0.377 e. The first-order valence-electron chi connectivity index (χ1n) is 8.26. The zero-order valence-corrected chi connectivity index (χ0v) is 15.3. The maximum Gasteiger partial charge on any atom is 0.296 e. The average Bonchev–Trinajstić information content (AvgIpc) is 2.62. The summed E-state index contributed by atoms with van der Waals surface area (Å²) in [5, 5.41) is 0. The normalized spacial score (nSPS) is 11.4. The lowest BCUT2D eigenvalue weighted by Gasteiger charge is -2.07. The Morgan fingerprint density at radius 3 is 2.24 bits per heavy atom. The predicted molar refractivity (Wildman–Crippen MR) is 99.7 cm³/mol. The van der Waals surface area contributed by atoms with E-state index < -0.39 is 10.1 Å². The predicted octanol–water partition coefficient (Wildman–Crippen LogP) is 4.34. The van der Waals surface area contributed by atoms with E-state index in [0.717, 1.165) is 23.1 Å². The average molecular weight is 360 g/mol. The first-order chi connectivity index (χ1) is 12.0. The second-order valence-electron chi connectivity index (χ2n) is 5.79. The molecule has 0 aliphatic carbocycles. The Labute approximate surface area is 150 Å². The lowest BCUT2D eigenvalue weighted by molar-refractivity contribution is 0.114. The molecule has 0 spiro atoms. The minimum absolute atomic E-state index is 0.160. The van der Waals surface area contributed by atoms with Gasteiger partial charge in [0.2, 0.25) is 0 Å². The van der Waals surface area contributed by atoms with Gasteiger partial charge in [-0.05, 0) is 43.0 Å². The molecule has 2 rings (SSSR count). The number of aryl methyl sites for hydroxylation is 1. The van der Waals surface area contributed by atoms with E-state index in [1.165, 1.54) is 0 Å². The van der Waals surface area contributed by atoms with E-state index in [9.17, 15) is 8.42 Å². The van der Waals surface area contributed by atoms with Gasteiger partial charge in [0.15, 0.2) is 0 Å². The highest BCUT2D eigenvalue weighted by molar-refractivity contribution is 7.86. The van der Waals surface area contributed by atoms with Crippen LogP contribution in [0.4, 0.5) is 0 Å². The Bertz CT molecular complexity index is 762. The number of hydrogen-bond acceptors (Lipinski definition) is 4. The fraction of sp³-hybridized carbons (Fsp3) is 0.300. The van der Waals surface area contributed by atoms with Gasteiger partial charge in [-0.25, -0.2) is 0 Å². The molecule has 25 heavy (non-hydrogen) atoms. The molecule has 0 atom stereocenters. The van der Waals surface area contributed by atoms with Gasteiger partial charge in [-0.15, -0.1) is 0 Å². The highest BCUT2D eigenvalue weighted by atomic mass is 32.2. The van der Waals surface area contributed by atoms with E-state index in [1.807, 2.05) is 31.2 Å². The first kappa shape index (κ1) is 19.4. The van der Waals surface area contributed by atoms with Crippen LogP contribution >= 0.6 is 0 Å². The fourth-order valence-corrected chi connectivity index (χ4v) is 3.13. The van der Waals surface area contributed by atoms with Gasteiger partial charge in [-0.2, -0.15) is 8.42 Å². The lowest BCUT2D eigenvalue weighted by Crippen LogP contribution is -2.08. The van der Waals surface area contributed by atoms with Gasteiger partial charge in [0.05, 0.1) is 18.1 Å². The van der Waals surface area contributed by atoms with Crippen LogP contribution in [-0.4, -0.2) is 21.6 Å². The molecule has 0 bridgehead atoms. The number of hydrogen-bond donors (Lipinski definition) is 0. The molecule has 0 amide bonds. The second kappa shape index (κ2) is 9.51. The van der Waals surface area contributed by atoms with E-state index in [1.54, 1.807) is 30.3 Å². The van der Waals surface area contributed by atoms with Crippen LogP contribution in [0.15, 0.2) is 60.0 Å². The zero-order valence-electron chi connectivity index (χ0n) is 14.5. The monoisotopic (exact) mass is 360 g/mol. The van der Waals surface area contributed by atoms with E-state index >= 15 is 0 Å². The highest BCUT2D eigenvalue weighted by Gasteiger charge is 2.14. The Hall–Kier alpha value is -1.95. The smallest absolute Gasteiger partial charge is 0.296 e. The highest BCUT2D eigenvalue weighted by Crippen LogP contribution is 2.13. The summed E-state index contributed by atoms with van der Waals surface area (Å²) in [6, 6.07) is 14.6. The van der Waals surface area contributed by atoms with Crippen LogP contribution in [0.5, 0.6) is 0 Å².